The number of allylic oxidation sites excluding steroid dienone is 13. The minimum absolute atomic E-state index is 0.0309. The minimum Gasteiger partial charge on any atom is -0.504 e. The number of Topliss-reactive ketones (excluding diaryl/α,β-unsaturated/α-hetero) is 1. The highest BCUT2D eigenvalue weighted by molar-refractivity contribution is 6.38. The molecule has 66 heavy (non-hydrogen) atoms. The van der Waals surface area contributed by atoms with Crippen molar-refractivity contribution in [1.29, 1.82) is 0 Å². The molecule has 0 spiro atoms. The normalized spacial score (nSPS) is 21.1. The number of halogens is 3. The maximum absolute atomic E-state index is 14.2. The minimum atomic E-state index is -5.00. The van der Waals surface area contributed by atoms with Gasteiger partial charge < -0.3 is 15.2 Å². The van der Waals surface area contributed by atoms with Crippen molar-refractivity contribution in [3.8, 4) is 0 Å². The van der Waals surface area contributed by atoms with Gasteiger partial charge in [-0.3, -0.25) is 9.59 Å². The zero-order chi connectivity index (χ0) is 47.4. The van der Waals surface area contributed by atoms with Gasteiger partial charge in [0.2, 0.25) is 5.76 Å². The number of aliphatic hydroxyl groups is 1. The van der Waals surface area contributed by atoms with Gasteiger partial charge in [0.15, 0.2) is 5.78 Å². The Balaban J connectivity index is 1.04. The Hall–Kier alpha value is -4.54. The van der Waals surface area contributed by atoms with E-state index in [4.69, 9.17) is 14.7 Å². The number of aliphatic imine (C=N–C) groups is 3. The first-order valence-corrected chi connectivity index (χ1v) is 25.5. The number of fused-ring (bicyclic) bond motifs is 5. The molecular weight excluding hydrogens is 838 g/mol. The molecule has 1 aliphatic carbocycles. The highest BCUT2D eigenvalue weighted by atomic mass is 19.4. The number of esters is 1. The number of rotatable bonds is 25. The van der Waals surface area contributed by atoms with Crippen LogP contribution in [0.1, 0.15) is 196 Å². The van der Waals surface area contributed by atoms with Crippen LogP contribution in [-0.2, 0) is 14.3 Å². The number of hydrogen-bond donors (Lipinski definition) is 2. The van der Waals surface area contributed by atoms with E-state index in [1.807, 2.05) is 33.8 Å². The van der Waals surface area contributed by atoms with Crippen LogP contribution < -0.4 is 5.32 Å². The predicted molar refractivity (Wildman–Crippen MR) is 261 cm³/mol. The lowest BCUT2D eigenvalue weighted by atomic mass is 9.86. The van der Waals surface area contributed by atoms with E-state index in [9.17, 15) is 27.9 Å². The third-order valence-electron chi connectivity index (χ3n) is 14.5. The molecule has 8 bridgehead atoms. The second-order valence-electron chi connectivity index (χ2n) is 19.3. The van der Waals surface area contributed by atoms with Crippen molar-refractivity contribution in [1.82, 2.24) is 5.32 Å². The van der Waals surface area contributed by atoms with Gasteiger partial charge in [0, 0.05) is 47.2 Å². The van der Waals surface area contributed by atoms with E-state index in [1.165, 1.54) is 122 Å². The number of aliphatic hydroxyl groups excluding tert-OH is 1. The van der Waals surface area contributed by atoms with E-state index in [-0.39, 0.29) is 53.4 Å². The van der Waals surface area contributed by atoms with E-state index >= 15 is 0 Å². The van der Waals surface area contributed by atoms with Gasteiger partial charge in [-0.15, -0.1) is 0 Å². The van der Waals surface area contributed by atoms with Gasteiger partial charge in [0.05, 0.1) is 46.4 Å². The fourth-order valence-corrected chi connectivity index (χ4v) is 10.4. The monoisotopic (exact) mass is 913 g/mol. The van der Waals surface area contributed by atoms with Crippen LogP contribution in [0.3, 0.4) is 0 Å². The summed E-state index contributed by atoms with van der Waals surface area (Å²) in [5.74, 6) is -2.47. The van der Waals surface area contributed by atoms with E-state index in [0.717, 1.165) is 47.3 Å². The van der Waals surface area contributed by atoms with E-state index in [0.29, 0.717) is 53.5 Å². The molecule has 6 rings (SSSR count). The Labute approximate surface area is 392 Å². The van der Waals surface area contributed by atoms with Crippen molar-refractivity contribution < 1.29 is 32.6 Å². The van der Waals surface area contributed by atoms with Crippen molar-refractivity contribution in [2.45, 2.75) is 202 Å². The molecule has 0 unspecified atom stereocenters. The van der Waals surface area contributed by atoms with E-state index in [2.05, 4.69) is 17.2 Å². The van der Waals surface area contributed by atoms with Crippen LogP contribution >= 0.6 is 0 Å². The number of nitrogens with zero attached hydrogens (tertiary/aromatic N) is 3. The molecule has 11 heteroatoms. The number of hydrogen-bond acceptors (Lipinski definition) is 8. The van der Waals surface area contributed by atoms with Gasteiger partial charge >= 0.3 is 12.1 Å². The summed E-state index contributed by atoms with van der Waals surface area (Å²) in [7, 11) is 0. The Morgan fingerprint density at radius 1 is 0.742 bits per heavy atom. The average molecular weight is 913 g/mol. The molecular formula is C55H75F3N4O4. The highest BCUT2D eigenvalue weighted by Gasteiger charge is 2.44. The molecule has 2 atom stereocenters. The first-order valence-electron chi connectivity index (χ1n) is 25.5. The molecule has 0 aromatic heterocycles. The summed E-state index contributed by atoms with van der Waals surface area (Å²) < 4.78 is 48.2. The molecule has 2 fully saturated rings. The fraction of sp³-hybridized carbons (Fsp3) is 0.618. The zero-order valence-corrected chi connectivity index (χ0v) is 40.7. The average Bonchev–Trinajstić information content (AvgIpc) is 4.04. The second-order valence-corrected chi connectivity index (χ2v) is 19.3. The standard InChI is InChI=1S/C55H75F3N4O4/c1-7-9-10-11-12-13-14-15-16-17-18-19-20-21-22-23-24-25-26-27-30-66-49(64)29-28-40-36(4)43-32-44-37(5)50(54(65)55(56,57)58)47(60-44)34-42-35(3)39(8-2)46(59-42)33-45-38(6)51-48(63)31-41(52(40)61-43)53(51)62-45/h32-34,36,40,61,65H,7-31H2,1-6H3/b42-34?,43-32?,45-33?,52-41?,54-50-/t36-,40-/m0/s1. The molecule has 0 aromatic carbocycles. The quantitative estimate of drug-likeness (QED) is 0.0538. The summed E-state index contributed by atoms with van der Waals surface area (Å²) >= 11 is 0. The molecule has 5 aliphatic heterocycles. The van der Waals surface area contributed by atoms with Crippen LogP contribution in [0.25, 0.3) is 0 Å². The van der Waals surface area contributed by atoms with Crippen molar-refractivity contribution in [3.05, 3.63) is 91.5 Å². The molecule has 0 aromatic rings. The van der Waals surface area contributed by atoms with Crippen molar-refractivity contribution in [2.75, 3.05) is 6.61 Å². The molecule has 6 aliphatic rings. The molecule has 1 saturated heterocycles. The molecule has 8 nitrogen and oxygen atoms in total. The second kappa shape index (κ2) is 24.0. The van der Waals surface area contributed by atoms with Gasteiger partial charge in [-0.2, -0.15) is 13.2 Å². The summed E-state index contributed by atoms with van der Waals surface area (Å²) in [6, 6.07) is 0. The molecule has 1 saturated carbocycles. The maximum Gasteiger partial charge on any atom is 0.449 e. The summed E-state index contributed by atoms with van der Waals surface area (Å²) in [5, 5.41) is 14.1. The lowest BCUT2D eigenvalue weighted by Gasteiger charge is -2.17. The lowest BCUT2D eigenvalue weighted by Crippen LogP contribution is -2.17. The van der Waals surface area contributed by atoms with E-state index < -0.39 is 17.5 Å². The van der Waals surface area contributed by atoms with Crippen LogP contribution in [0.4, 0.5) is 13.2 Å². The van der Waals surface area contributed by atoms with Gasteiger partial charge in [-0.1, -0.05) is 143 Å². The number of ketones is 1. The fourth-order valence-electron chi connectivity index (χ4n) is 10.4. The van der Waals surface area contributed by atoms with Crippen molar-refractivity contribution >= 4 is 28.9 Å². The third kappa shape index (κ3) is 12.5. The van der Waals surface area contributed by atoms with Crippen LogP contribution in [0.5, 0.6) is 0 Å². The van der Waals surface area contributed by atoms with Crippen LogP contribution in [0.2, 0.25) is 0 Å². The summed E-state index contributed by atoms with van der Waals surface area (Å²) in [6.45, 7) is 11.9. The van der Waals surface area contributed by atoms with E-state index in [1.54, 1.807) is 6.08 Å². The number of unbranched alkanes of at least 4 members (excludes halogenated alkanes) is 19. The maximum atomic E-state index is 14.2. The molecule has 2 N–H and O–H groups in total. The van der Waals surface area contributed by atoms with Gasteiger partial charge in [-0.05, 0) is 80.6 Å². The summed E-state index contributed by atoms with van der Waals surface area (Å²) in [6.07, 6.45) is 27.6. The first-order chi connectivity index (χ1) is 31.7. The molecule has 360 valence electrons. The van der Waals surface area contributed by atoms with Gasteiger partial charge in [0.1, 0.15) is 0 Å². The third-order valence-corrected chi connectivity index (χ3v) is 14.5. The Morgan fingerprint density at radius 2 is 1.29 bits per heavy atom. The molecule has 5 heterocycles. The zero-order valence-electron chi connectivity index (χ0n) is 40.7. The number of nitrogens with one attached hydrogen (secondary N) is 1. The number of carbonyl (C=O) groups excluding carboxylic acids is 2. The molecule has 0 radical (unpaired) electrons. The SMILES string of the molecule is CCCCCCCCCCCCCCCCCCCCCCOC(=O)CC[C@@H]1C2=C3CC(=O)C4=C(C)C(=CC5=NC(=CC6=NC(=C(C)/C6=C(/O)C(F)(F)F)C=C(N2)[C@H]1C)C(C)=C5CC)N=C34. The first kappa shape index (κ1) is 50.9. The Kier molecular flexibility index (Phi) is 18.5. The smallest absolute Gasteiger partial charge is 0.449 e. The van der Waals surface area contributed by atoms with Crippen LogP contribution in [0.15, 0.2) is 106 Å². The predicted octanol–water partition coefficient (Wildman–Crippen LogP) is 14.9. The molecule has 0 amide bonds. The topological polar surface area (TPSA) is 113 Å². The van der Waals surface area contributed by atoms with Crippen molar-refractivity contribution in [2.24, 2.45) is 26.8 Å². The van der Waals surface area contributed by atoms with Crippen LogP contribution in [0, 0.1) is 11.8 Å². The Bertz CT molecular complexity index is 2200. The van der Waals surface area contributed by atoms with Gasteiger partial charge in [0.25, 0.3) is 0 Å². The highest BCUT2D eigenvalue weighted by Crippen LogP contribution is 2.46. The number of ether oxygens (including phenoxy) is 1. The largest absolute Gasteiger partial charge is 0.504 e. The Morgan fingerprint density at radius 3 is 1.85 bits per heavy atom. The summed E-state index contributed by atoms with van der Waals surface area (Å²) in [5.41, 5.74) is 7.56. The number of alkyl halides is 3. The van der Waals surface area contributed by atoms with Gasteiger partial charge in [-0.25, -0.2) is 15.0 Å². The van der Waals surface area contributed by atoms with Crippen LogP contribution in [-0.4, -0.2) is 46.8 Å². The van der Waals surface area contributed by atoms with Crippen molar-refractivity contribution in [3.63, 3.8) is 0 Å². The lowest BCUT2D eigenvalue weighted by molar-refractivity contribution is -0.144. The summed E-state index contributed by atoms with van der Waals surface area (Å²) in [4.78, 5) is 41.5. The number of carbonyl (C=O) groups is 2.